The Hall–Kier alpha value is -1.06. The third-order valence-corrected chi connectivity index (χ3v) is 4.75. The van der Waals surface area contributed by atoms with Crippen molar-refractivity contribution >= 4 is 0 Å². The van der Waals surface area contributed by atoms with Crippen LogP contribution in [0.3, 0.4) is 0 Å². The fourth-order valence-corrected chi connectivity index (χ4v) is 3.62. The van der Waals surface area contributed by atoms with Crippen molar-refractivity contribution in [3.63, 3.8) is 0 Å². The molecular weight excluding hydrogens is 260 g/mol. The van der Waals surface area contributed by atoms with Crippen molar-refractivity contribution in [2.45, 2.75) is 51.2 Å². The van der Waals surface area contributed by atoms with Crippen LogP contribution in [0.1, 0.15) is 51.1 Å². The van der Waals surface area contributed by atoms with Gasteiger partial charge in [0.25, 0.3) is 0 Å². The van der Waals surface area contributed by atoms with E-state index in [4.69, 9.17) is 4.74 Å². The average Bonchev–Trinajstić information content (AvgIpc) is 2.75. The summed E-state index contributed by atoms with van der Waals surface area (Å²) in [5.41, 5.74) is 1.15. The molecule has 2 heterocycles. The van der Waals surface area contributed by atoms with E-state index in [9.17, 15) is 0 Å². The van der Waals surface area contributed by atoms with Gasteiger partial charge in [-0.25, -0.2) is 0 Å². The Morgan fingerprint density at radius 3 is 2.76 bits per heavy atom. The number of para-hydroxylation sites is 1. The minimum Gasteiger partial charge on any atom is -0.486 e. The van der Waals surface area contributed by atoms with E-state index >= 15 is 0 Å². The van der Waals surface area contributed by atoms with Crippen LogP contribution in [0.5, 0.6) is 5.75 Å². The number of fused-ring (bicyclic) bond motifs is 1. The zero-order valence-electron chi connectivity index (χ0n) is 13.4. The van der Waals surface area contributed by atoms with Gasteiger partial charge in [-0.2, -0.15) is 0 Å². The maximum Gasteiger partial charge on any atom is 0.125 e. The minimum absolute atomic E-state index is 0.158. The van der Waals surface area contributed by atoms with Crippen LogP contribution in [0.2, 0.25) is 0 Å². The lowest BCUT2D eigenvalue weighted by atomic mass is 9.94. The molecule has 1 fully saturated rings. The highest BCUT2D eigenvalue weighted by Gasteiger charge is 2.40. The zero-order valence-corrected chi connectivity index (χ0v) is 13.4. The summed E-state index contributed by atoms with van der Waals surface area (Å²) in [5, 5.41) is 3.72. The molecule has 0 spiro atoms. The van der Waals surface area contributed by atoms with Crippen molar-refractivity contribution in [1.82, 2.24) is 10.2 Å². The Labute approximate surface area is 128 Å². The highest BCUT2D eigenvalue weighted by atomic mass is 16.5. The number of piperidine rings is 1. The molecule has 1 aromatic carbocycles. The Bertz CT molecular complexity index is 466. The highest BCUT2D eigenvalue weighted by molar-refractivity contribution is 5.42. The molecule has 1 unspecified atom stereocenters. The molecule has 2 aliphatic rings. The maximum absolute atomic E-state index is 6.08. The standard InChI is InChI=1S/C18H28N2O/c1-18(2)17(15-9-4-5-10-16(15)21-18)19-11-8-14-20-12-6-3-7-13-20/h4-5,9-10,17,19H,3,6-8,11-14H2,1-2H3. The molecule has 1 atom stereocenters. The Balaban J connectivity index is 1.50. The second-order valence-electron chi connectivity index (χ2n) is 6.89. The summed E-state index contributed by atoms with van der Waals surface area (Å²) in [4.78, 5) is 2.61. The lowest BCUT2D eigenvalue weighted by Gasteiger charge is -2.29. The van der Waals surface area contributed by atoms with Gasteiger partial charge >= 0.3 is 0 Å². The van der Waals surface area contributed by atoms with Gasteiger partial charge in [-0.05, 0) is 65.4 Å². The monoisotopic (exact) mass is 288 g/mol. The summed E-state index contributed by atoms with van der Waals surface area (Å²) in [7, 11) is 0. The Morgan fingerprint density at radius 2 is 1.95 bits per heavy atom. The van der Waals surface area contributed by atoms with Crippen molar-refractivity contribution in [2.75, 3.05) is 26.2 Å². The third kappa shape index (κ3) is 3.41. The molecule has 1 aromatic rings. The van der Waals surface area contributed by atoms with Crippen molar-refractivity contribution in [2.24, 2.45) is 0 Å². The number of nitrogens with zero attached hydrogens (tertiary/aromatic N) is 1. The first-order chi connectivity index (χ1) is 10.2. The van der Waals surface area contributed by atoms with E-state index in [0.29, 0.717) is 6.04 Å². The lowest BCUT2D eigenvalue weighted by Crippen LogP contribution is -2.40. The van der Waals surface area contributed by atoms with Gasteiger partial charge in [0, 0.05) is 5.56 Å². The second-order valence-corrected chi connectivity index (χ2v) is 6.89. The van der Waals surface area contributed by atoms with Crippen LogP contribution < -0.4 is 10.1 Å². The average molecular weight is 288 g/mol. The van der Waals surface area contributed by atoms with Crippen LogP contribution in [0.4, 0.5) is 0 Å². The molecule has 1 saturated heterocycles. The molecule has 0 amide bonds. The summed E-state index contributed by atoms with van der Waals surface area (Å²) in [6, 6.07) is 8.72. The Morgan fingerprint density at radius 1 is 1.19 bits per heavy atom. The van der Waals surface area contributed by atoms with Gasteiger partial charge in [0.15, 0.2) is 0 Å². The molecule has 2 aliphatic heterocycles. The minimum atomic E-state index is -0.158. The quantitative estimate of drug-likeness (QED) is 0.841. The first-order valence-corrected chi connectivity index (χ1v) is 8.40. The van der Waals surface area contributed by atoms with Crippen molar-refractivity contribution in [3.8, 4) is 5.75 Å². The van der Waals surface area contributed by atoms with Crippen LogP contribution in [0.15, 0.2) is 24.3 Å². The van der Waals surface area contributed by atoms with Gasteiger partial charge in [0.2, 0.25) is 0 Å². The highest BCUT2D eigenvalue weighted by Crippen LogP contribution is 2.42. The van der Waals surface area contributed by atoms with Crippen LogP contribution in [0.25, 0.3) is 0 Å². The molecular formula is C18H28N2O. The van der Waals surface area contributed by atoms with E-state index in [0.717, 1.165) is 12.3 Å². The van der Waals surface area contributed by atoms with Crippen molar-refractivity contribution in [3.05, 3.63) is 29.8 Å². The summed E-state index contributed by atoms with van der Waals surface area (Å²) in [6.45, 7) is 9.22. The molecule has 3 rings (SSSR count). The summed E-state index contributed by atoms with van der Waals surface area (Å²) in [6.07, 6.45) is 5.39. The number of rotatable bonds is 5. The molecule has 0 radical (unpaired) electrons. The van der Waals surface area contributed by atoms with E-state index in [1.54, 1.807) is 0 Å². The van der Waals surface area contributed by atoms with Crippen molar-refractivity contribution in [1.29, 1.82) is 0 Å². The molecule has 3 heteroatoms. The number of hydrogen-bond acceptors (Lipinski definition) is 3. The molecule has 1 N–H and O–H groups in total. The molecule has 3 nitrogen and oxygen atoms in total. The third-order valence-electron chi connectivity index (χ3n) is 4.75. The first kappa shape index (κ1) is 14.9. The fourth-order valence-electron chi connectivity index (χ4n) is 3.62. The van der Waals surface area contributed by atoms with Crippen LogP contribution in [-0.4, -0.2) is 36.7 Å². The Kier molecular flexibility index (Phi) is 4.51. The van der Waals surface area contributed by atoms with Crippen molar-refractivity contribution < 1.29 is 4.74 Å². The van der Waals surface area contributed by atoms with E-state index in [1.165, 1.54) is 50.9 Å². The fraction of sp³-hybridized carbons (Fsp3) is 0.667. The number of benzene rings is 1. The summed E-state index contributed by atoms with van der Waals surface area (Å²) >= 11 is 0. The lowest BCUT2D eigenvalue weighted by molar-refractivity contribution is 0.0958. The van der Waals surface area contributed by atoms with Gasteiger partial charge in [0.05, 0.1) is 6.04 Å². The maximum atomic E-state index is 6.08. The SMILES string of the molecule is CC1(C)Oc2ccccc2C1NCCCN1CCCCC1. The molecule has 21 heavy (non-hydrogen) atoms. The van der Waals surface area contributed by atoms with E-state index in [-0.39, 0.29) is 5.60 Å². The second kappa shape index (κ2) is 6.37. The van der Waals surface area contributed by atoms with E-state index < -0.39 is 0 Å². The molecule has 0 bridgehead atoms. The van der Waals surface area contributed by atoms with Gasteiger partial charge in [-0.3, -0.25) is 0 Å². The number of hydrogen-bond donors (Lipinski definition) is 1. The largest absolute Gasteiger partial charge is 0.486 e. The predicted octanol–water partition coefficient (Wildman–Crippen LogP) is 3.36. The predicted molar refractivity (Wildman–Crippen MR) is 86.8 cm³/mol. The summed E-state index contributed by atoms with van der Waals surface area (Å²) in [5.74, 6) is 1.04. The molecule has 0 saturated carbocycles. The van der Waals surface area contributed by atoms with Gasteiger partial charge in [0.1, 0.15) is 11.4 Å². The topological polar surface area (TPSA) is 24.5 Å². The smallest absolute Gasteiger partial charge is 0.125 e. The van der Waals surface area contributed by atoms with Crippen LogP contribution in [0, 0.1) is 0 Å². The molecule has 0 aliphatic carbocycles. The van der Waals surface area contributed by atoms with Gasteiger partial charge < -0.3 is 15.0 Å². The zero-order chi connectivity index (χ0) is 14.7. The van der Waals surface area contributed by atoms with Gasteiger partial charge in [-0.1, -0.05) is 24.6 Å². The number of ether oxygens (including phenoxy) is 1. The van der Waals surface area contributed by atoms with Gasteiger partial charge in [-0.15, -0.1) is 0 Å². The van der Waals surface area contributed by atoms with Crippen LogP contribution in [-0.2, 0) is 0 Å². The molecule has 0 aromatic heterocycles. The summed E-state index contributed by atoms with van der Waals surface area (Å²) < 4.78 is 6.08. The van der Waals surface area contributed by atoms with E-state index in [1.807, 2.05) is 6.07 Å². The normalized spacial score (nSPS) is 24.6. The van der Waals surface area contributed by atoms with Crippen LogP contribution >= 0.6 is 0 Å². The number of likely N-dealkylation sites (tertiary alicyclic amines) is 1. The number of nitrogens with one attached hydrogen (secondary N) is 1. The first-order valence-electron chi connectivity index (χ1n) is 8.40. The molecule has 116 valence electrons. The van der Waals surface area contributed by atoms with E-state index in [2.05, 4.69) is 42.3 Å².